The molecule has 0 bridgehead atoms. The molecule has 0 spiro atoms. The van der Waals surface area contributed by atoms with Gasteiger partial charge in [-0.2, -0.15) is 0 Å². The van der Waals surface area contributed by atoms with Crippen molar-refractivity contribution in [1.82, 2.24) is 0 Å². The average Bonchev–Trinajstić information content (AvgIpc) is 2.28. The summed E-state index contributed by atoms with van der Waals surface area (Å²) in [6.45, 7) is 4.15. The van der Waals surface area contributed by atoms with Crippen molar-refractivity contribution in [3.63, 3.8) is 0 Å². The van der Waals surface area contributed by atoms with Gasteiger partial charge < -0.3 is 21.7 Å². The first kappa shape index (κ1) is 15.0. The van der Waals surface area contributed by atoms with E-state index in [2.05, 4.69) is 20.9 Å². The molecule has 6 heteroatoms. The zero-order chi connectivity index (χ0) is 12.7. The van der Waals surface area contributed by atoms with Gasteiger partial charge in [-0.05, 0) is 29.3 Å². The van der Waals surface area contributed by atoms with Crippen LogP contribution < -0.4 is 5.73 Å². The van der Waals surface area contributed by atoms with Crippen LogP contribution in [0.2, 0.25) is 0 Å². The number of nitrogens with two attached hydrogens (primary N) is 1. The van der Waals surface area contributed by atoms with E-state index in [4.69, 9.17) is 16.6 Å². The molecule has 0 heterocycles. The summed E-state index contributed by atoms with van der Waals surface area (Å²) in [5, 5.41) is 24.9. The molecule has 5 N–H and O–H groups in total. The Labute approximate surface area is 104 Å². The second-order valence-corrected chi connectivity index (χ2v) is 3.79. The van der Waals surface area contributed by atoms with Gasteiger partial charge >= 0.3 is 0 Å². The molecule has 0 aliphatic carbocycles. The lowest BCUT2D eigenvalue weighted by atomic mass is 10.0. The predicted molar refractivity (Wildman–Crippen MR) is 70.9 cm³/mol. The van der Waals surface area contributed by atoms with Crippen molar-refractivity contribution in [3.8, 4) is 0 Å². The molecule has 90 valence electrons. The highest BCUT2D eigenvalue weighted by Crippen LogP contribution is 2.12. The minimum Gasteiger partial charge on any atom is -0.404 e. The third-order valence-electron chi connectivity index (χ3n) is 1.96. The topological polar surface area (TPSA) is 106 Å². The van der Waals surface area contributed by atoms with Gasteiger partial charge in [0.05, 0.1) is 11.4 Å². The van der Waals surface area contributed by atoms with Crippen molar-refractivity contribution >= 4 is 32.0 Å². The van der Waals surface area contributed by atoms with Crippen LogP contribution in [0.25, 0.3) is 0 Å². The van der Waals surface area contributed by atoms with E-state index in [1.807, 2.05) is 6.92 Å². The van der Waals surface area contributed by atoms with Gasteiger partial charge in [-0.1, -0.05) is 6.92 Å². The average molecular weight is 289 g/mol. The third-order valence-corrected chi connectivity index (χ3v) is 2.67. The smallest absolute Gasteiger partial charge is 0.126 e. The van der Waals surface area contributed by atoms with E-state index < -0.39 is 6.10 Å². The number of halogens is 1. The van der Waals surface area contributed by atoms with E-state index in [-0.39, 0.29) is 11.4 Å². The van der Waals surface area contributed by atoms with Crippen molar-refractivity contribution in [2.45, 2.75) is 26.4 Å². The Morgan fingerprint density at radius 3 is 2.44 bits per heavy atom. The summed E-state index contributed by atoms with van der Waals surface area (Å²) in [6.07, 6.45) is 0.393. The molecule has 0 radical (unpaired) electrons. The highest BCUT2D eigenvalue weighted by Gasteiger charge is 2.21. The van der Waals surface area contributed by atoms with Gasteiger partial charge in [0.25, 0.3) is 0 Å². The normalized spacial score (nSPS) is 14.8. The van der Waals surface area contributed by atoms with E-state index >= 15 is 0 Å². The molecule has 0 aromatic rings. The van der Waals surface area contributed by atoms with Crippen LogP contribution in [0.4, 0.5) is 0 Å². The van der Waals surface area contributed by atoms with E-state index in [1.165, 1.54) is 6.20 Å². The predicted octanol–water partition coefficient (Wildman–Crippen LogP) is 1.45. The summed E-state index contributed by atoms with van der Waals surface area (Å²) in [6, 6.07) is 0. The van der Waals surface area contributed by atoms with Crippen LogP contribution in [-0.4, -0.2) is 33.8 Å². The minimum atomic E-state index is -1.21. The van der Waals surface area contributed by atoms with Gasteiger partial charge in [-0.15, -0.1) is 0 Å². The van der Waals surface area contributed by atoms with Crippen molar-refractivity contribution in [1.29, 1.82) is 10.8 Å². The molecular formula is C10H17BrN4O. The Kier molecular flexibility index (Phi) is 6.83. The number of rotatable bonds is 6. The Morgan fingerprint density at radius 1 is 1.50 bits per heavy atom. The highest BCUT2D eigenvalue weighted by molar-refractivity contribution is 9.18. The van der Waals surface area contributed by atoms with Crippen LogP contribution in [0.1, 0.15) is 20.3 Å². The van der Waals surface area contributed by atoms with Gasteiger partial charge in [-0.3, -0.25) is 4.99 Å². The summed E-state index contributed by atoms with van der Waals surface area (Å²) in [7, 11) is 0. The molecule has 0 aromatic carbocycles. The molecule has 0 saturated heterocycles. The third kappa shape index (κ3) is 3.86. The Morgan fingerprint density at radius 2 is 2.06 bits per heavy atom. The van der Waals surface area contributed by atoms with Crippen molar-refractivity contribution in [3.05, 3.63) is 11.8 Å². The summed E-state index contributed by atoms with van der Waals surface area (Å²) in [5.74, 6) is 0. The lowest BCUT2D eigenvalue weighted by Crippen LogP contribution is -2.31. The monoisotopic (exact) mass is 288 g/mol. The lowest BCUT2D eigenvalue weighted by molar-refractivity contribution is 0.284. The quantitative estimate of drug-likeness (QED) is 0.555. The van der Waals surface area contributed by atoms with Crippen molar-refractivity contribution in [2.75, 3.05) is 6.54 Å². The van der Waals surface area contributed by atoms with Crippen LogP contribution in [0.3, 0.4) is 0 Å². The maximum Gasteiger partial charge on any atom is 0.126 e. The summed E-state index contributed by atoms with van der Waals surface area (Å²) >= 11 is 3.18. The van der Waals surface area contributed by atoms with Crippen molar-refractivity contribution in [2.24, 2.45) is 10.7 Å². The minimum absolute atomic E-state index is 0.0867. The number of nitrogens with zero attached hydrogens (tertiary/aromatic N) is 1. The first-order chi connectivity index (χ1) is 7.49. The molecule has 1 atom stereocenters. The molecule has 0 aliphatic heterocycles. The van der Waals surface area contributed by atoms with Crippen LogP contribution >= 0.6 is 15.9 Å². The number of nitrogens with one attached hydrogen (secondary N) is 2. The summed E-state index contributed by atoms with van der Waals surface area (Å²) < 4.78 is 0.415. The molecule has 0 saturated carbocycles. The van der Waals surface area contributed by atoms with Crippen LogP contribution in [0.5, 0.6) is 0 Å². The van der Waals surface area contributed by atoms with E-state index in [1.54, 1.807) is 6.92 Å². The largest absolute Gasteiger partial charge is 0.404 e. The first-order valence-electron chi connectivity index (χ1n) is 4.95. The number of hydrogen-bond acceptors (Lipinski definition) is 5. The van der Waals surface area contributed by atoms with E-state index in [0.717, 1.165) is 0 Å². The molecule has 16 heavy (non-hydrogen) atoms. The molecular weight excluding hydrogens is 272 g/mol. The fraction of sp³-hybridized carbons (Fsp3) is 0.500. The SMILES string of the molecule is CCN=C(Br)C(=CN)C(O)C(=N)C(=N)CC. The fourth-order valence-electron chi connectivity index (χ4n) is 1.01. The van der Waals surface area contributed by atoms with E-state index in [9.17, 15) is 5.11 Å². The molecule has 5 nitrogen and oxygen atoms in total. The molecule has 0 aromatic heterocycles. The Hall–Kier alpha value is -1.01. The van der Waals surface area contributed by atoms with Gasteiger partial charge in [0.1, 0.15) is 10.7 Å². The number of aliphatic imine (C=N–C) groups is 1. The fourth-order valence-corrected chi connectivity index (χ4v) is 1.61. The highest BCUT2D eigenvalue weighted by atomic mass is 79.9. The standard InChI is InChI=1S/C10H17BrN4O/c1-3-7(13)8(14)9(16)6(5-12)10(11)15-4-2/h5,9,13-14,16H,3-4,12H2,1-2H3. The van der Waals surface area contributed by atoms with Gasteiger partial charge in [0.2, 0.25) is 0 Å². The zero-order valence-corrected chi connectivity index (χ0v) is 11.0. The molecule has 0 aliphatic rings. The Balaban J connectivity index is 4.95. The lowest BCUT2D eigenvalue weighted by Gasteiger charge is -2.14. The van der Waals surface area contributed by atoms with Gasteiger partial charge in [0, 0.05) is 18.3 Å². The maximum absolute atomic E-state index is 9.85. The first-order valence-corrected chi connectivity index (χ1v) is 5.75. The van der Waals surface area contributed by atoms with Crippen LogP contribution in [-0.2, 0) is 0 Å². The van der Waals surface area contributed by atoms with Gasteiger partial charge in [0.15, 0.2) is 0 Å². The van der Waals surface area contributed by atoms with Crippen LogP contribution in [0, 0.1) is 10.8 Å². The zero-order valence-electron chi connectivity index (χ0n) is 9.42. The summed E-state index contributed by atoms with van der Waals surface area (Å²) in [5.41, 5.74) is 5.63. The van der Waals surface area contributed by atoms with Crippen molar-refractivity contribution < 1.29 is 5.11 Å². The second-order valence-electron chi connectivity index (χ2n) is 3.04. The van der Waals surface area contributed by atoms with Gasteiger partial charge in [-0.25, -0.2) is 0 Å². The molecule has 0 amide bonds. The molecule has 1 unspecified atom stereocenters. The maximum atomic E-state index is 9.85. The van der Waals surface area contributed by atoms with Crippen LogP contribution in [0.15, 0.2) is 16.8 Å². The number of aliphatic hydroxyl groups excluding tert-OH is 1. The Bertz CT molecular complexity index is 336. The molecule has 0 fully saturated rings. The number of hydrogen-bond donors (Lipinski definition) is 4. The second kappa shape index (κ2) is 7.29. The number of aliphatic hydroxyl groups is 1. The van der Waals surface area contributed by atoms with E-state index in [0.29, 0.717) is 23.2 Å². The molecule has 0 rings (SSSR count). The summed E-state index contributed by atoms with van der Waals surface area (Å²) in [4.78, 5) is 4.04.